The quantitative estimate of drug-likeness (QED) is 0.522. The van der Waals surface area contributed by atoms with Gasteiger partial charge in [-0.1, -0.05) is 12.8 Å². The highest BCUT2D eigenvalue weighted by Crippen LogP contribution is 2.33. The topological polar surface area (TPSA) is 52.3 Å². The third kappa shape index (κ3) is 3.41. The van der Waals surface area contributed by atoms with Crippen LogP contribution in [0, 0.1) is 11.7 Å². The summed E-state index contributed by atoms with van der Waals surface area (Å²) < 4.78 is 18.5. The maximum Gasteiger partial charge on any atom is 0.339 e. The summed E-state index contributed by atoms with van der Waals surface area (Å²) in [5, 5.41) is 0. The third-order valence-electron chi connectivity index (χ3n) is 3.46. The van der Waals surface area contributed by atoms with Gasteiger partial charge in [0.2, 0.25) is 0 Å². The molecule has 0 atom stereocenters. The van der Waals surface area contributed by atoms with E-state index in [0.717, 1.165) is 5.75 Å². The van der Waals surface area contributed by atoms with E-state index in [-0.39, 0.29) is 17.1 Å². The average Bonchev–Trinajstić information content (AvgIpc) is 2.90. The lowest BCUT2D eigenvalue weighted by Crippen LogP contribution is -2.07. The Labute approximate surface area is 116 Å². The van der Waals surface area contributed by atoms with Crippen LogP contribution in [-0.2, 0) is 4.74 Å². The van der Waals surface area contributed by atoms with Gasteiger partial charge in [-0.25, -0.2) is 9.18 Å². The number of esters is 1. The largest absolute Gasteiger partial charge is 0.465 e. The van der Waals surface area contributed by atoms with E-state index in [9.17, 15) is 9.18 Å². The standard InChI is InChI=1S/C14H18FNO2S/c1-18-14(17)10-6-13(11(15)7-12(10)16)19-8-9-4-2-3-5-9/h6-7,9H,2-5,8,16H2,1H3. The fourth-order valence-corrected chi connectivity index (χ4v) is 3.50. The number of nitrogen functional groups attached to an aromatic ring is 1. The Morgan fingerprint density at radius 1 is 1.47 bits per heavy atom. The minimum atomic E-state index is -0.528. The second-order valence-electron chi connectivity index (χ2n) is 4.82. The minimum Gasteiger partial charge on any atom is -0.465 e. The van der Waals surface area contributed by atoms with Crippen molar-refractivity contribution < 1.29 is 13.9 Å². The van der Waals surface area contributed by atoms with E-state index >= 15 is 0 Å². The molecule has 0 saturated heterocycles. The molecule has 5 heteroatoms. The maximum atomic E-state index is 13.8. The second kappa shape index (κ2) is 6.28. The average molecular weight is 283 g/mol. The smallest absolute Gasteiger partial charge is 0.339 e. The van der Waals surface area contributed by atoms with Crippen molar-refractivity contribution in [2.24, 2.45) is 5.92 Å². The molecule has 3 nitrogen and oxygen atoms in total. The molecule has 0 unspecified atom stereocenters. The van der Waals surface area contributed by atoms with E-state index in [4.69, 9.17) is 5.73 Å². The number of hydrogen-bond acceptors (Lipinski definition) is 4. The summed E-state index contributed by atoms with van der Waals surface area (Å²) in [5.41, 5.74) is 5.99. The summed E-state index contributed by atoms with van der Waals surface area (Å²) in [5.74, 6) is 0.651. The molecule has 19 heavy (non-hydrogen) atoms. The van der Waals surface area contributed by atoms with E-state index in [0.29, 0.717) is 10.8 Å². The molecule has 1 aliphatic rings. The molecule has 0 aromatic heterocycles. The molecule has 0 heterocycles. The number of anilines is 1. The van der Waals surface area contributed by atoms with Crippen molar-refractivity contribution in [3.63, 3.8) is 0 Å². The predicted molar refractivity (Wildman–Crippen MR) is 74.8 cm³/mol. The molecule has 1 aromatic rings. The summed E-state index contributed by atoms with van der Waals surface area (Å²) in [4.78, 5) is 12.0. The first-order chi connectivity index (χ1) is 9.11. The van der Waals surface area contributed by atoms with Gasteiger partial charge in [0.25, 0.3) is 0 Å². The first kappa shape index (κ1) is 14.2. The number of hydrogen-bond donors (Lipinski definition) is 1. The highest BCUT2D eigenvalue weighted by Gasteiger charge is 2.18. The van der Waals surface area contributed by atoms with Crippen LogP contribution in [0.25, 0.3) is 0 Å². The SMILES string of the molecule is COC(=O)c1cc(SCC2CCCC2)c(F)cc1N. The van der Waals surface area contributed by atoms with Gasteiger partial charge in [0.1, 0.15) is 5.82 Å². The van der Waals surface area contributed by atoms with Gasteiger partial charge < -0.3 is 10.5 Å². The molecule has 2 rings (SSSR count). The summed E-state index contributed by atoms with van der Waals surface area (Å²) in [6.45, 7) is 0. The lowest BCUT2D eigenvalue weighted by Gasteiger charge is -2.11. The number of nitrogens with two attached hydrogens (primary N) is 1. The van der Waals surface area contributed by atoms with Crippen molar-refractivity contribution in [2.45, 2.75) is 30.6 Å². The van der Waals surface area contributed by atoms with Gasteiger partial charge in [-0.3, -0.25) is 0 Å². The van der Waals surface area contributed by atoms with E-state index in [1.165, 1.54) is 56.7 Å². The summed E-state index contributed by atoms with van der Waals surface area (Å²) in [7, 11) is 1.29. The van der Waals surface area contributed by atoms with Crippen LogP contribution < -0.4 is 5.73 Å². The molecule has 104 valence electrons. The van der Waals surface area contributed by atoms with Crippen LogP contribution in [0.5, 0.6) is 0 Å². The Morgan fingerprint density at radius 3 is 2.79 bits per heavy atom. The van der Waals surface area contributed by atoms with Crippen LogP contribution in [0.3, 0.4) is 0 Å². The zero-order valence-electron chi connectivity index (χ0n) is 10.9. The molecule has 0 bridgehead atoms. The number of methoxy groups -OCH3 is 1. The van der Waals surface area contributed by atoms with Crippen LogP contribution in [0.1, 0.15) is 36.0 Å². The van der Waals surface area contributed by atoms with E-state index in [1.54, 1.807) is 0 Å². The lowest BCUT2D eigenvalue weighted by atomic mass is 10.1. The zero-order chi connectivity index (χ0) is 13.8. The van der Waals surface area contributed by atoms with Crippen LogP contribution >= 0.6 is 11.8 Å². The highest BCUT2D eigenvalue weighted by molar-refractivity contribution is 7.99. The molecule has 0 aliphatic heterocycles. The van der Waals surface area contributed by atoms with Gasteiger partial charge in [-0.2, -0.15) is 0 Å². The number of rotatable bonds is 4. The summed E-state index contributed by atoms with van der Waals surface area (Å²) >= 11 is 1.46. The molecular weight excluding hydrogens is 265 g/mol. The number of thioether (sulfide) groups is 1. The maximum absolute atomic E-state index is 13.8. The van der Waals surface area contributed by atoms with Crippen molar-refractivity contribution in [3.8, 4) is 0 Å². The highest BCUT2D eigenvalue weighted by atomic mass is 32.2. The first-order valence-corrected chi connectivity index (χ1v) is 7.40. The molecule has 1 saturated carbocycles. The molecular formula is C14H18FNO2S. The fraction of sp³-hybridized carbons (Fsp3) is 0.500. The molecule has 0 spiro atoms. The van der Waals surface area contributed by atoms with Crippen molar-refractivity contribution >= 4 is 23.4 Å². The number of ether oxygens (including phenoxy) is 1. The van der Waals surface area contributed by atoms with Gasteiger partial charge in [0.05, 0.1) is 12.7 Å². The zero-order valence-corrected chi connectivity index (χ0v) is 11.8. The third-order valence-corrected chi connectivity index (χ3v) is 4.72. The van der Waals surface area contributed by atoms with Crippen LogP contribution in [0.15, 0.2) is 17.0 Å². The Bertz CT molecular complexity index is 473. The molecule has 1 aromatic carbocycles. The summed E-state index contributed by atoms with van der Waals surface area (Å²) in [6, 6.07) is 2.69. The molecule has 2 N–H and O–H groups in total. The van der Waals surface area contributed by atoms with Crippen molar-refractivity contribution in [1.82, 2.24) is 0 Å². The van der Waals surface area contributed by atoms with Crippen LogP contribution in [0.4, 0.5) is 10.1 Å². The van der Waals surface area contributed by atoms with Crippen LogP contribution in [-0.4, -0.2) is 18.8 Å². The van der Waals surface area contributed by atoms with Gasteiger partial charge >= 0.3 is 5.97 Å². The van der Waals surface area contributed by atoms with Gasteiger partial charge in [-0.15, -0.1) is 11.8 Å². The molecule has 0 amide bonds. The number of benzene rings is 1. The first-order valence-electron chi connectivity index (χ1n) is 6.42. The normalized spacial score (nSPS) is 15.7. The fourth-order valence-electron chi connectivity index (χ4n) is 2.35. The molecule has 1 aliphatic carbocycles. The van der Waals surface area contributed by atoms with Crippen molar-refractivity contribution in [3.05, 3.63) is 23.5 Å². The van der Waals surface area contributed by atoms with E-state index in [2.05, 4.69) is 4.74 Å². The monoisotopic (exact) mass is 283 g/mol. The van der Waals surface area contributed by atoms with E-state index < -0.39 is 5.97 Å². The number of halogens is 1. The second-order valence-corrected chi connectivity index (χ2v) is 5.88. The minimum absolute atomic E-state index is 0.120. The van der Waals surface area contributed by atoms with Crippen molar-refractivity contribution in [1.29, 1.82) is 0 Å². The van der Waals surface area contributed by atoms with Crippen molar-refractivity contribution in [2.75, 3.05) is 18.6 Å². The molecule has 1 fully saturated rings. The Kier molecular flexibility index (Phi) is 4.69. The Morgan fingerprint density at radius 2 is 2.16 bits per heavy atom. The van der Waals surface area contributed by atoms with Gasteiger partial charge in [0, 0.05) is 16.3 Å². The van der Waals surface area contributed by atoms with E-state index in [1.807, 2.05) is 0 Å². The van der Waals surface area contributed by atoms with Crippen LogP contribution in [0.2, 0.25) is 0 Å². The predicted octanol–water partition coefficient (Wildman–Crippen LogP) is 3.48. The Hall–Kier alpha value is -1.23. The molecule has 0 radical (unpaired) electrons. The number of carbonyl (C=O) groups excluding carboxylic acids is 1. The summed E-state index contributed by atoms with van der Waals surface area (Å²) in [6.07, 6.45) is 4.96. The van der Waals surface area contributed by atoms with Gasteiger partial charge in [-0.05, 0) is 30.9 Å². The Balaban J connectivity index is 2.12. The van der Waals surface area contributed by atoms with Gasteiger partial charge in [0.15, 0.2) is 0 Å². The lowest BCUT2D eigenvalue weighted by molar-refractivity contribution is 0.0601. The number of carbonyl (C=O) groups is 1.